The summed E-state index contributed by atoms with van der Waals surface area (Å²) in [6, 6.07) is 14.5. The van der Waals surface area contributed by atoms with Crippen molar-refractivity contribution in [2.75, 3.05) is 30.9 Å². The number of esters is 2. The van der Waals surface area contributed by atoms with Crippen LogP contribution in [0, 0.1) is 0 Å². The van der Waals surface area contributed by atoms with E-state index in [0.717, 1.165) is 0 Å². The molecule has 0 aromatic heterocycles. The van der Waals surface area contributed by atoms with E-state index in [0.29, 0.717) is 16.9 Å². The Kier molecular flexibility index (Phi) is 8.18. The third-order valence-electron chi connectivity index (χ3n) is 3.60. The van der Waals surface area contributed by atoms with Gasteiger partial charge in [-0.25, -0.2) is 9.59 Å². The van der Waals surface area contributed by atoms with E-state index in [-0.39, 0.29) is 13.0 Å². The van der Waals surface area contributed by atoms with Crippen molar-refractivity contribution in [3.05, 3.63) is 60.2 Å². The summed E-state index contributed by atoms with van der Waals surface area (Å²) < 4.78 is 9.44. The van der Waals surface area contributed by atoms with E-state index >= 15 is 0 Å². The molecule has 2 rings (SSSR count). The van der Waals surface area contributed by atoms with Crippen LogP contribution in [0.4, 0.5) is 16.2 Å². The third kappa shape index (κ3) is 7.71. The molecule has 152 valence electrons. The topological polar surface area (TPSA) is 123 Å². The van der Waals surface area contributed by atoms with Crippen molar-refractivity contribution in [1.82, 2.24) is 5.32 Å². The SMILES string of the molecule is COC(=O)c1ccc(NC(=O)COC(=O)CCNC(=O)Nc2ccccc2)cc1. The second-order valence-corrected chi connectivity index (χ2v) is 5.77. The smallest absolute Gasteiger partial charge is 0.337 e. The second-order valence-electron chi connectivity index (χ2n) is 5.77. The Bertz CT molecular complexity index is 852. The summed E-state index contributed by atoms with van der Waals surface area (Å²) in [4.78, 5) is 46.5. The number of para-hydroxylation sites is 1. The Hall–Kier alpha value is -3.88. The lowest BCUT2D eigenvalue weighted by molar-refractivity contribution is -0.147. The lowest BCUT2D eigenvalue weighted by Crippen LogP contribution is -2.31. The van der Waals surface area contributed by atoms with Crippen molar-refractivity contribution in [2.45, 2.75) is 6.42 Å². The first-order valence-corrected chi connectivity index (χ1v) is 8.71. The van der Waals surface area contributed by atoms with Crippen LogP contribution in [0.5, 0.6) is 0 Å². The molecule has 0 saturated heterocycles. The molecule has 0 spiro atoms. The Morgan fingerprint density at radius 1 is 0.862 bits per heavy atom. The van der Waals surface area contributed by atoms with Gasteiger partial charge in [-0.3, -0.25) is 9.59 Å². The maximum atomic E-state index is 11.8. The maximum Gasteiger partial charge on any atom is 0.337 e. The minimum Gasteiger partial charge on any atom is -0.465 e. The van der Waals surface area contributed by atoms with Crippen LogP contribution in [0.3, 0.4) is 0 Å². The Balaban J connectivity index is 1.63. The first-order chi connectivity index (χ1) is 14.0. The molecule has 9 nitrogen and oxygen atoms in total. The summed E-state index contributed by atoms with van der Waals surface area (Å²) in [6.45, 7) is -0.401. The highest BCUT2D eigenvalue weighted by molar-refractivity contribution is 5.94. The molecule has 0 fully saturated rings. The quantitative estimate of drug-likeness (QED) is 0.585. The number of methoxy groups -OCH3 is 1. The molecule has 3 N–H and O–H groups in total. The highest BCUT2D eigenvalue weighted by atomic mass is 16.5. The van der Waals surface area contributed by atoms with Crippen molar-refractivity contribution in [2.24, 2.45) is 0 Å². The van der Waals surface area contributed by atoms with Crippen LogP contribution in [0.2, 0.25) is 0 Å². The van der Waals surface area contributed by atoms with E-state index in [2.05, 4.69) is 20.7 Å². The van der Waals surface area contributed by atoms with Gasteiger partial charge >= 0.3 is 18.0 Å². The molecule has 9 heteroatoms. The predicted octanol–water partition coefficient (Wildman–Crippen LogP) is 2.17. The van der Waals surface area contributed by atoms with E-state index in [1.54, 1.807) is 24.3 Å². The Morgan fingerprint density at radius 2 is 1.52 bits per heavy atom. The number of rotatable bonds is 8. The average molecular weight is 399 g/mol. The second kappa shape index (κ2) is 11.1. The number of anilines is 2. The van der Waals surface area contributed by atoms with Crippen LogP contribution in [0.25, 0.3) is 0 Å². The predicted molar refractivity (Wildman–Crippen MR) is 105 cm³/mol. The van der Waals surface area contributed by atoms with Gasteiger partial charge in [0.15, 0.2) is 6.61 Å². The molecule has 0 saturated carbocycles. The number of carbonyl (C=O) groups excluding carboxylic acids is 4. The van der Waals surface area contributed by atoms with Gasteiger partial charge in [0, 0.05) is 17.9 Å². The molecule has 0 heterocycles. The summed E-state index contributed by atoms with van der Waals surface area (Å²) in [5, 5.41) is 7.67. The molecule has 0 atom stereocenters. The van der Waals surface area contributed by atoms with Gasteiger partial charge in [-0.05, 0) is 36.4 Å². The largest absolute Gasteiger partial charge is 0.465 e. The number of carbonyl (C=O) groups is 4. The van der Waals surface area contributed by atoms with Crippen molar-refractivity contribution in [3.63, 3.8) is 0 Å². The van der Waals surface area contributed by atoms with E-state index in [1.807, 2.05) is 6.07 Å². The highest BCUT2D eigenvalue weighted by Gasteiger charge is 2.10. The van der Waals surface area contributed by atoms with Gasteiger partial charge in [0.25, 0.3) is 5.91 Å². The van der Waals surface area contributed by atoms with Crippen LogP contribution >= 0.6 is 0 Å². The van der Waals surface area contributed by atoms with Crippen LogP contribution in [-0.2, 0) is 19.1 Å². The standard InChI is InChI=1S/C20H21N3O6/c1-28-19(26)14-7-9-16(10-8-14)22-17(24)13-29-18(25)11-12-21-20(27)23-15-5-3-2-4-6-15/h2-10H,11-13H2,1H3,(H,22,24)(H2,21,23,27). The van der Waals surface area contributed by atoms with Crippen LogP contribution in [-0.4, -0.2) is 44.1 Å². The minimum atomic E-state index is -0.624. The van der Waals surface area contributed by atoms with Crippen LogP contribution in [0.1, 0.15) is 16.8 Å². The van der Waals surface area contributed by atoms with E-state index in [9.17, 15) is 19.2 Å². The normalized spacial score (nSPS) is 9.83. The van der Waals surface area contributed by atoms with Gasteiger partial charge < -0.3 is 25.4 Å². The number of nitrogens with one attached hydrogen (secondary N) is 3. The molecule has 0 bridgehead atoms. The van der Waals surface area contributed by atoms with E-state index < -0.39 is 30.5 Å². The van der Waals surface area contributed by atoms with E-state index in [1.165, 1.54) is 31.4 Å². The molecule has 2 aromatic carbocycles. The molecular formula is C20H21N3O6. The molecular weight excluding hydrogens is 378 g/mol. The highest BCUT2D eigenvalue weighted by Crippen LogP contribution is 2.10. The molecule has 29 heavy (non-hydrogen) atoms. The van der Waals surface area contributed by atoms with Gasteiger partial charge in [0.2, 0.25) is 0 Å². The zero-order chi connectivity index (χ0) is 21.1. The monoisotopic (exact) mass is 399 g/mol. The van der Waals surface area contributed by atoms with Gasteiger partial charge in [0.05, 0.1) is 19.1 Å². The van der Waals surface area contributed by atoms with Crippen LogP contribution < -0.4 is 16.0 Å². The first-order valence-electron chi connectivity index (χ1n) is 8.71. The zero-order valence-corrected chi connectivity index (χ0v) is 15.8. The van der Waals surface area contributed by atoms with Crippen molar-refractivity contribution in [1.29, 1.82) is 0 Å². The molecule has 0 radical (unpaired) electrons. The molecule has 3 amide bonds. The number of amides is 3. The number of hydrogen-bond donors (Lipinski definition) is 3. The fraction of sp³-hybridized carbons (Fsp3) is 0.200. The van der Waals surface area contributed by atoms with E-state index in [4.69, 9.17) is 4.74 Å². The lowest BCUT2D eigenvalue weighted by atomic mass is 10.2. The zero-order valence-electron chi connectivity index (χ0n) is 15.8. The number of hydrogen-bond acceptors (Lipinski definition) is 6. The van der Waals surface area contributed by atoms with Crippen molar-refractivity contribution >= 4 is 35.3 Å². The number of benzene rings is 2. The van der Waals surface area contributed by atoms with Gasteiger partial charge in [0.1, 0.15) is 0 Å². The Morgan fingerprint density at radius 3 is 2.17 bits per heavy atom. The number of urea groups is 1. The third-order valence-corrected chi connectivity index (χ3v) is 3.60. The van der Waals surface area contributed by atoms with Crippen LogP contribution in [0.15, 0.2) is 54.6 Å². The van der Waals surface area contributed by atoms with Gasteiger partial charge in [-0.1, -0.05) is 18.2 Å². The maximum absolute atomic E-state index is 11.8. The van der Waals surface area contributed by atoms with Crippen molar-refractivity contribution < 1.29 is 28.7 Å². The fourth-order valence-electron chi connectivity index (χ4n) is 2.20. The summed E-state index contributed by atoms with van der Waals surface area (Å²) in [6.07, 6.45) is -0.0800. The molecule has 0 aliphatic rings. The number of ether oxygens (including phenoxy) is 2. The summed E-state index contributed by atoms with van der Waals surface area (Å²) in [5.41, 5.74) is 1.42. The fourth-order valence-corrected chi connectivity index (χ4v) is 2.20. The van der Waals surface area contributed by atoms with Crippen molar-refractivity contribution in [3.8, 4) is 0 Å². The minimum absolute atomic E-state index is 0.0636. The molecule has 2 aromatic rings. The summed E-state index contributed by atoms with van der Waals surface area (Å²) >= 11 is 0. The average Bonchev–Trinajstić information content (AvgIpc) is 2.73. The molecule has 0 aliphatic heterocycles. The van der Waals surface area contributed by atoms with Gasteiger partial charge in [-0.15, -0.1) is 0 Å². The first kappa shape index (κ1) is 21.4. The summed E-state index contributed by atoms with van der Waals surface area (Å²) in [7, 11) is 1.28. The molecule has 0 aliphatic carbocycles. The lowest BCUT2D eigenvalue weighted by Gasteiger charge is -2.08. The Labute approximate surface area is 167 Å². The summed E-state index contributed by atoms with van der Waals surface area (Å²) in [5.74, 6) is -1.64. The van der Waals surface area contributed by atoms with Gasteiger partial charge in [-0.2, -0.15) is 0 Å². The molecule has 0 unspecified atom stereocenters.